The number of thiophene rings is 1. The summed E-state index contributed by atoms with van der Waals surface area (Å²) in [7, 11) is 3.15. The third kappa shape index (κ3) is 4.87. The Morgan fingerprint density at radius 2 is 1.85 bits per heavy atom. The molecular formula is C21H22N2O3S. The number of hydrogen-bond acceptors (Lipinski definition) is 5. The molecule has 2 aromatic carbocycles. The van der Waals surface area contributed by atoms with Crippen LogP contribution in [0, 0.1) is 0 Å². The van der Waals surface area contributed by atoms with Gasteiger partial charge in [-0.3, -0.25) is 10.1 Å². The normalized spacial score (nSPS) is 11.6. The molecule has 1 amide bonds. The van der Waals surface area contributed by atoms with E-state index >= 15 is 0 Å². The molecule has 27 heavy (non-hydrogen) atoms. The standard InChI is InChI=1S/C21H22N2O3S/c1-25-16-10-11-18(26-2)17(13-16)23-20(24)14-22-21(19-9-6-12-27-19)15-7-4-3-5-8-15/h3-13,21-22H,14H2,1-2H3,(H,23,24)/t21-/m0/s1. The second-order valence-corrected chi connectivity index (χ2v) is 6.83. The summed E-state index contributed by atoms with van der Waals surface area (Å²) in [6, 6.07) is 19.4. The van der Waals surface area contributed by atoms with Gasteiger partial charge in [0.25, 0.3) is 0 Å². The summed E-state index contributed by atoms with van der Waals surface area (Å²) in [5.74, 6) is 1.08. The van der Waals surface area contributed by atoms with E-state index in [2.05, 4.69) is 28.8 Å². The van der Waals surface area contributed by atoms with Crippen molar-refractivity contribution in [2.45, 2.75) is 6.04 Å². The van der Waals surface area contributed by atoms with Gasteiger partial charge in [0.2, 0.25) is 5.91 Å². The van der Waals surface area contributed by atoms with Crippen LogP contribution in [0.2, 0.25) is 0 Å². The van der Waals surface area contributed by atoms with Gasteiger partial charge in [-0.1, -0.05) is 36.4 Å². The van der Waals surface area contributed by atoms with Crippen LogP contribution < -0.4 is 20.1 Å². The van der Waals surface area contributed by atoms with Gasteiger partial charge < -0.3 is 14.8 Å². The van der Waals surface area contributed by atoms with Gasteiger partial charge in [-0.2, -0.15) is 0 Å². The van der Waals surface area contributed by atoms with Gasteiger partial charge in [-0.05, 0) is 29.1 Å². The number of amides is 1. The Kier molecular flexibility index (Phi) is 6.46. The molecule has 1 atom stereocenters. The van der Waals surface area contributed by atoms with Gasteiger partial charge >= 0.3 is 0 Å². The number of benzene rings is 2. The maximum absolute atomic E-state index is 12.5. The first-order valence-corrected chi connectivity index (χ1v) is 9.43. The summed E-state index contributed by atoms with van der Waals surface area (Å²) < 4.78 is 10.5. The zero-order valence-corrected chi connectivity index (χ0v) is 16.1. The fourth-order valence-corrected chi connectivity index (χ4v) is 3.61. The lowest BCUT2D eigenvalue weighted by Gasteiger charge is -2.18. The van der Waals surface area contributed by atoms with Crippen LogP contribution in [0.15, 0.2) is 66.0 Å². The number of hydrogen-bond donors (Lipinski definition) is 2. The van der Waals surface area contributed by atoms with Crippen LogP contribution in [0.4, 0.5) is 5.69 Å². The zero-order chi connectivity index (χ0) is 19.1. The molecule has 0 aliphatic carbocycles. The molecule has 0 radical (unpaired) electrons. The summed E-state index contributed by atoms with van der Waals surface area (Å²) >= 11 is 1.66. The fraction of sp³-hybridized carbons (Fsp3) is 0.190. The average Bonchev–Trinajstić information content (AvgIpc) is 3.23. The van der Waals surface area contributed by atoms with Crippen molar-refractivity contribution in [2.24, 2.45) is 0 Å². The molecule has 0 saturated heterocycles. The number of nitrogens with one attached hydrogen (secondary N) is 2. The lowest BCUT2D eigenvalue weighted by molar-refractivity contribution is -0.115. The van der Waals surface area contributed by atoms with Crippen LogP contribution in [0.25, 0.3) is 0 Å². The van der Waals surface area contributed by atoms with E-state index in [1.807, 2.05) is 29.6 Å². The number of anilines is 1. The van der Waals surface area contributed by atoms with Gasteiger partial charge in [-0.25, -0.2) is 0 Å². The van der Waals surface area contributed by atoms with E-state index in [4.69, 9.17) is 9.47 Å². The number of methoxy groups -OCH3 is 2. The Balaban J connectivity index is 1.70. The van der Waals surface area contributed by atoms with E-state index in [1.165, 1.54) is 0 Å². The van der Waals surface area contributed by atoms with Crippen LogP contribution in [-0.4, -0.2) is 26.7 Å². The second kappa shape index (κ2) is 9.21. The molecule has 3 rings (SSSR count). The van der Waals surface area contributed by atoms with Crippen LogP contribution in [0.1, 0.15) is 16.5 Å². The Morgan fingerprint density at radius 1 is 1.04 bits per heavy atom. The third-order valence-electron chi connectivity index (χ3n) is 4.11. The summed E-state index contributed by atoms with van der Waals surface area (Å²) in [4.78, 5) is 13.7. The number of rotatable bonds is 8. The Hall–Kier alpha value is -2.83. The van der Waals surface area contributed by atoms with Crippen molar-refractivity contribution in [3.63, 3.8) is 0 Å². The molecule has 1 aromatic heterocycles. The minimum atomic E-state index is -0.154. The van der Waals surface area contributed by atoms with E-state index in [0.29, 0.717) is 17.2 Å². The molecule has 5 nitrogen and oxygen atoms in total. The van der Waals surface area contributed by atoms with E-state index < -0.39 is 0 Å². The van der Waals surface area contributed by atoms with Crippen LogP contribution in [-0.2, 0) is 4.79 Å². The largest absolute Gasteiger partial charge is 0.497 e. The molecule has 0 aliphatic heterocycles. The molecule has 0 bridgehead atoms. The van der Waals surface area contributed by atoms with Crippen molar-refractivity contribution >= 4 is 22.9 Å². The van der Waals surface area contributed by atoms with E-state index in [1.54, 1.807) is 43.8 Å². The van der Waals surface area contributed by atoms with Gasteiger partial charge in [0.15, 0.2) is 0 Å². The van der Waals surface area contributed by atoms with Crippen molar-refractivity contribution in [2.75, 3.05) is 26.1 Å². The summed E-state index contributed by atoms with van der Waals surface area (Å²) in [5, 5.41) is 8.27. The lowest BCUT2D eigenvalue weighted by atomic mass is 10.1. The van der Waals surface area contributed by atoms with Crippen LogP contribution in [0.5, 0.6) is 11.5 Å². The molecule has 0 unspecified atom stereocenters. The predicted molar refractivity (Wildman–Crippen MR) is 109 cm³/mol. The first kappa shape index (κ1) is 18.9. The molecule has 0 saturated carbocycles. The maximum atomic E-state index is 12.5. The number of carbonyl (C=O) groups is 1. The minimum Gasteiger partial charge on any atom is -0.497 e. The highest BCUT2D eigenvalue weighted by molar-refractivity contribution is 7.10. The quantitative estimate of drug-likeness (QED) is 0.616. The average molecular weight is 382 g/mol. The fourth-order valence-electron chi connectivity index (χ4n) is 2.78. The highest BCUT2D eigenvalue weighted by Crippen LogP contribution is 2.29. The van der Waals surface area contributed by atoms with E-state index in [0.717, 1.165) is 10.4 Å². The maximum Gasteiger partial charge on any atom is 0.238 e. The topological polar surface area (TPSA) is 59.6 Å². The molecule has 0 fully saturated rings. The zero-order valence-electron chi connectivity index (χ0n) is 15.3. The predicted octanol–water partition coefficient (Wildman–Crippen LogP) is 4.08. The van der Waals surface area contributed by atoms with E-state index in [9.17, 15) is 4.79 Å². The molecule has 140 valence electrons. The summed E-state index contributed by atoms with van der Waals surface area (Å²) in [6.45, 7) is 0.165. The second-order valence-electron chi connectivity index (χ2n) is 5.85. The molecule has 2 N–H and O–H groups in total. The van der Waals surface area contributed by atoms with Crippen LogP contribution in [0.3, 0.4) is 0 Å². The Labute approximate surface area is 162 Å². The summed E-state index contributed by atoms with van der Waals surface area (Å²) in [5.41, 5.74) is 1.70. The first-order chi connectivity index (χ1) is 13.2. The van der Waals surface area contributed by atoms with Gasteiger partial charge in [0, 0.05) is 10.9 Å². The van der Waals surface area contributed by atoms with Crippen molar-refractivity contribution in [3.05, 3.63) is 76.5 Å². The van der Waals surface area contributed by atoms with Crippen LogP contribution >= 0.6 is 11.3 Å². The summed E-state index contributed by atoms with van der Waals surface area (Å²) in [6.07, 6.45) is 0. The molecular weight excluding hydrogens is 360 g/mol. The Bertz CT molecular complexity index is 866. The monoisotopic (exact) mass is 382 g/mol. The third-order valence-corrected chi connectivity index (χ3v) is 5.05. The minimum absolute atomic E-state index is 0.0378. The highest BCUT2D eigenvalue weighted by Gasteiger charge is 2.16. The number of carbonyl (C=O) groups excluding carboxylic acids is 1. The molecule has 1 heterocycles. The smallest absolute Gasteiger partial charge is 0.238 e. The lowest BCUT2D eigenvalue weighted by Crippen LogP contribution is -2.31. The van der Waals surface area contributed by atoms with Crippen molar-refractivity contribution in [1.29, 1.82) is 0 Å². The molecule has 6 heteroatoms. The van der Waals surface area contributed by atoms with Crippen molar-refractivity contribution in [1.82, 2.24) is 5.32 Å². The van der Waals surface area contributed by atoms with Gasteiger partial charge in [-0.15, -0.1) is 11.3 Å². The first-order valence-electron chi connectivity index (χ1n) is 8.55. The molecule has 0 spiro atoms. The van der Waals surface area contributed by atoms with Gasteiger partial charge in [0.05, 0.1) is 32.5 Å². The molecule has 3 aromatic rings. The highest BCUT2D eigenvalue weighted by atomic mass is 32.1. The SMILES string of the molecule is COc1ccc(OC)c(NC(=O)CN[C@@H](c2ccccc2)c2cccs2)c1. The Morgan fingerprint density at radius 3 is 2.52 bits per heavy atom. The number of ether oxygens (including phenoxy) is 2. The molecule has 0 aliphatic rings. The van der Waals surface area contributed by atoms with E-state index in [-0.39, 0.29) is 18.5 Å². The van der Waals surface area contributed by atoms with Crippen molar-refractivity contribution < 1.29 is 14.3 Å². The van der Waals surface area contributed by atoms with Gasteiger partial charge in [0.1, 0.15) is 11.5 Å². The van der Waals surface area contributed by atoms with Crippen molar-refractivity contribution in [3.8, 4) is 11.5 Å².